The number of non-ortho nitro benzene ring substituents is 1. The summed E-state index contributed by atoms with van der Waals surface area (Å²) in [5, 5.41) is 13.8. The molecular weight excluding hydrogens is 326 g/mol. The molecule has 1 heterocycles. The predicted molar refractivity (Wildman–Crippen MR) is 90.7 cm³/mol. The third kappa shape index (κ3) is 3.78. The summed E-state index contributed by atoms with van der Waals surface area (Å²) in [5.74, 6) is -0.553. The number of carbonyl (C=O) groups is 2. The minimum absolute atomic E-state index is 0.112. The number of nitrogens with one attached hydrogen (secondary N) is 1. The molecule has 0 aromatic heterocycles. The monoisotopic (exact) mass is 347 g/mol. The van der Waals surface area contributed by atoms with Gasteiger partial charge in [0.05, 0.1) is 22.6 Å². The van der Waals surface area contributed by atoms with E-state index in [0.717, 1.165) is 0 Å². The van der Waals surface area contributed by atoms with Gasteiger partial charge in [-0.1, -0.05) is 12.1 Å². The lowest BCUT2D eigenvalue weighted by Gasteiger charge is -2.35. The van der Waals surface area contributed by atoms with Crippen molar-refractivity contribution < 1.29 is 19.2 Å². The summed E-state index contributed by atoms with van der Waals surface area (Å²) in [6.45, 7) is 7.31. The highest BCUT2D eigenvalue weighted by Crippen LogP contribution is 2.32. The summed E-state index contributed by atoms with van der Waals surface area (Å²) in [4.78, 5) is 36.9. The van der Waals surface area contributed by atoms with Crippen LogP contribution in [0.1, 0.15) is 39.3 Å². The van der Waals surface area contributed by atoms with E-state index in [1.54, 1.807) is 33.8 Å². The molecule has 1 aliphatic rings. The van der Waals surface area contributed by atoms with Crippen molar-refractivity contribution in [3.05, 3.63) is 51.2 Å². The molecule has 0 saturated carbocycles. The molecule has 0 bridgehead atoms. The largest absolute Gasteiger partial charge is 0.459 e. The Kier molecular flexibility index (Phi) is 5.41. The zero-order chi connectivity index (χ0) is 18.7. The Morgan fingerprint density at radius 1 is 1.44 bits per heavy atom. The summed E-state index contributed by atoms with van der Waals surface area (Å²) in [7, 11) is 0. The number of nitro benzene ring substituents is 1. The van der Waals surface area contributed by atoms with Crippen LogP contribution < -0.4 is 5.32 Å². The fourth-order valence-corrected chi connectivity index (χ4v) is 2.77. The third-order valence-electron chi connectivity index (χ3n) is 3.89. The van der Waals surface area contributed by atoms with Crippen molar-refractivity contribution in [3.8, 4) is 0 Å². The standard InChI is InChI=1S/C17H21N3O5/c1-5-19-11(4)14(16(21)25-10(2)3)15(18-17(19)22)12-7-6-8-13(9-12)20(23)24/h6-10,15H,5H2,1-4H3,(H,18,22). The number of urea groups is 1. The number of benzene rings is 1. The topological polar surface area (TPSA) is 102 Å². The number of nitro groups is 1. The maximum atomic E-state index is 12.6. The molecule has 0 aliphatic carbocycles. The first-order chi connectivity index (χ1) is 11.8. The lowest BCUT2D eigenvalue weighted by Crippen LogP contribution is -2.48. The molecule has 1 aliphatic heterocycles. The van der Waals surface area contributed by atoms with Gasteiger partial charge in [0.15, 0.2) is 0 Å². The van der Waals surface area contributed by atoms with Gasteiger partial charge < -0.3 is 10.1 Å². The number of carbonyl (C=O) groups excluding carboxylic acids is 2. The maximum Gasteiger partial charge on any atom is 0.338 e. The van der Waals surface area contributed by atoms with E-state index in [2.05, 4.69) is 5.32 Å². The number of hydrogen-bond acceptors (Lipinski definition) is 5. The van der Waals surface area contributed by atoms with Gasteiger partial charge >= 0.3 is 12.0 Å². The Balaban J connectivity index is 2.55. The second kappa shape index (κ2) is 7.33. The van der Waals surface area contributed by atoms with Crippen molar-refractivity contribution in [2.24, 2.45) is 0 Å². The molecule has 1 atom stereocenters. The molecule has 134 valence electrons. The van der Waals surface area contributed by atoms with Crippen LogP contribution in [0.4, 0.5) is 10.5 Å². The first-order valence-electron chi connectivity index (χ1n) is 8.00. The van der Waals surface area contributed by atoms with Crippen molar-refractivity contribution in [3.63, 3.8) is 0 Å². The van der Waals surface area contributed by atoms with Gasteiger partial charge in [0.2, 0.25) is 0 Å². The lowest BCUT2D eigenvalue weighted by molar-refractivity contribution is -0.384. The summed E-state index contributed by atoms with van der Waals surface area (Å²) in [6.07, 6.45) is -0.328. The summed E-state index contributed by atoms with van der Waals surface area (Å²) < 4.78 is 5.31. The first-order valence-corrected chi connectivity index (χ1v) is 8.00. The summed E-state index contributed by atoms with van der Waals surface area (Å²) >= 11 is 0. The van der Waals surface area contributed by atoms with Crippen molar-refractivity contribution >= 4 is 17.7 Å². The SMILES string of the molecule is CCN1C(=O)NC(c2cccc([N+](=O)[O-])c2)C(C(=O)OC(C)C)=C1C. The van der Waals surface area contributed by atoms with E-state index in [1.165, 1.54) is 23.1 Å². The van der Waals surface area contributed by atoms with E-state index in [-0.39, 0.29) is 23.4 Å². The average Bonchev–Trinajstić information content (AvgIpc) is 2.53. The quantitative estimate of drug-likeness (QED) is 0.501. The molecule has 2 amide bonds. The smallest absolute Gasteiger partial charge is 0.338 e. The second-order valence-corrected chi connectivity index (χ2v) is 5.93. The number of rotatable bonds is 5. The Hall–Kier alpha value is -2.90. The zero-order valence-corrected chi connectivity index (χ0v) is 14.6. The molecule has 0 spiro atoms. The molecule has 25 heavy (non-hydrogen) atoms. The van der Waals surface area contributed by atoms with Gasteiger partial charge in [0, 0.05) is 24.4 Å². The first kappa shape index (κ1) is 18.4. The fraction of sp³-hybridized carbons (Fsp3) is 0.412. The van der Waals surface area contributed by atoms with Crippen molar-refractivity contribution in [2.75, 3.05) is 6.54 Å². The maximum absolute atomic E-state index is 12.6. The van der Waals surface area contributed by atoms with Crippen LogP contribution in [0.2, 0.25) is 0 Å². The Bertz CT molecular complexity index is 742. The number of amides is 2. The van der Waals surface area contributed by atoms with Crippen LogP contribution >= 0.6 is 0 Å². The second-order valence-electron chi connectivity index (χ2n) is 5.93. The van der Waals surface area contributed by atoms with Crippen molar-refractivity contribution in [1.29, 1.82) is 0 Å². The van der Waals surface area contributed by atoms with Crippen LogP contribution in [-0.2, 0) is 9.53 Å². The molecule has 0 radical (unpaired) electrons. The van der Waals surface area contributed by atoms with Crippen LogP contribution in [-0.4, -0.2) is 34.5 Å². The normalized spacial score (nSPS) is 17.6. The van der Waals surface area contributed by atoms with Gasteiger partial charge in [-0.15, -0.1) is 0 Å². The van der Waals surface area contributed by atoms with Crippen LogP contribution in [0, 0.1) is 10.1 Å². The number of nitrogens with zero attached hydrogens (tertiary/aromatic N) is 2. The van der Waals surface area contributed by atoms with Gasteiger partial charge in [0.25, 0.3) is 5.69 Å². The molecular formula is C17H21N3O5. The van der Waals surface area contributed by atoms with Gasteiger partial charge in [-0.05, 0) is 33.3 Å². The molecule has 8 heteroatoms. The zero-order valence-electron chi connectivity index (χ0n) is 14.6. The van der Waals surface area contributed by atoms with E-state index in [0.29, 0.717) is 17.8 Å². The number of allylic oxidation sites excluding steroid dienone is 1. The highest BCUT2D eigenvalue weighted by Gasteiger charge is 2.36. The number of hydrogen-bond donors (Lipinski definition) is 1. The Morgan fingerprint density at radius 2 is 2.12 bits per heavy atom. The molecule has 0 saturated heterocycles. The van der Waals surface area contributed by atoms with Crippen molar-refractivity contribution in [1.82, 2.24) is 10.2 Å². The van der Waals surface area contributed by atoms with Gasteiger partial charge in [-0.2, -0.15) is 0 Å². The minimum Gasteiger partial charge on any atom is -0.459 e. The van der Waals surface area contributed by atoms with E-state index in [9.17, 15) is 19.7 Å². The number of ether oxygens (including phenoxy) is 1. The molecule has 1 N–H and O–H groups in total. The van der Waals surface area contributed by atoms with E-state index < -0.39 is 16.9 Å². The van der Waals surface area contributed by atoms with Crippen LogP contribution in [0.15, 0.2) is 35.5 Å². The molecule has 1 aromatic carbocycles. The molecule has 1 unspecified atom stereocenters. The molecule has 8 nitrogen and oxygen atoms in total. The minimum atomic E-state index is -0.804. The Morgan fingerprint density at radius 3 is 2.68 bits per heavy atom. The van der Waals surface area contributed by atoms with E-state index in [4.69, 9.17) is 4.74 Å². The van der Waals surface area contributed by atoms with E-state index in [1.807, 2.05) is 0 Å². The van der Waals surface area contributed by atoms with Gasteiger partial charge in [0.1, 0.15) is 0 Å². The van der Waals surface area contributed by atoms with Crippen LogP contribution in [0.5, 0.6) is 0 Å². The molecule has 2 rings (SSSR count). The van der Waals surface area contributed by atoms with Crippen molar-refractivity contribution in [2.45, 2.75) is 39.8 Å². The molecule has 0 fully saturated rings. The third-order valence-corrected chi connectivity index (χ3v) is 3.89. The predicted octanol–water partition coefficient (Wildman–Crippen LogP) is 2.91. The lowest BCUT2D eigenvalue weighted by atomic mass is 9.94. The summed E-state index contributed by atoms with van der Waals surface area (Å²) in [5.41, 5.74) is 1.09. The fourth-order valence-electron chi connectivity index (χ4n) is 2.77. The van der Waals surface area contributed by atoms with Crippen LogP contribution in [0.25, 0.3) is 0 Å². The Labute approximate surface area is 145 Å². The highest BCUT2D eigenvalue weighted by molar-refractivity contribution is 5.95. The van der Waals surface area contributed by atoms with Gasteiger partial charge in [-0.25, -0.2) is 9.59 Å². The molecule has 1 aromatic rings. The highest BCUT2D eigenvalue weighted by atomic mass is 16.6. The summed E-state index contributed by atoms with van der Waals surface area (Å²) in [6, 6.07) is 4.69. The van der Waals surface area contributed by atoms with Gasteiger partial charge in [-0.3, -0.25) is 15.0 Å². The van der Waals surface area contributed by atoms with E-state index >= 15 is 0 Å². The number of esters is 1. The van der Waals surface area contributed by atoms with Crippen LogP contribution in [0.3, 0.4) is 0 Å². The average molecular weight is 347 g/mol.